The Morgan fingerprint density at radius 1 is 0.370 bits per heavy atom. The van der Waals surface area contributed by atoms with Crippen LogP contribution >= 0.6 is 0 Å². The average molecular weight is 705 g/mol. The molecule has 24 nitrogen and oxygen atoms in total. The van der Waals surface area contributed by atoms with Gasteiger partial charge in [-0.15, -0.1) is 0 Å². The first kappa shape index (κ1) is 53.2. The van der Waals surface area contributed by atoms with Crippen LogP contribution in [0.1, 0.15) is 0 Å². The number of hydrogen-bond acceptors (Lipinski definition) is 16. The van der Waals surface area contributed by atoms with Crippen molar-refractivity contribution in [2.45, 2.75) is 0 Å². The van der Waals surface area contributed by atoms with Gasteiger partial charge in [-0.05, 0) is 0 Å². The topological polar surface area (TPSA) is 551 Å². The van der Waals surface area contributed by atoms with Gasteiger partial charge in [-0.3, -0.25) is 16.8 Å². The highest BCUT2D eigenvalue weighted by molar-refractivity contribution is 7.79. The summed E-state index contributed by atoms with van der Waals surface area (Å²) in [5.41, 5.74) is 47.8. The highest BCUT2D eigenvalue weighted by Gasteiger charge is 1.93. The number of hydrogen-bond donors (Lipinski definition) is 8. The summed E-state index contributed by atoms with van der Waals surface area (Å²) in [6, 6.07) is 6.87. The molecule has 0 spiro atoms. The van der Waals surface area contributed by atoms with Crippen molar-refractivity contribution < 1.29 is 76.9 Å². The molecule has 0 amide bonds. The van der Waals surface area contributed by atoms with E-state index in [2.05, 4.69) is 19.9 Å². The van der Waals surface area contributed by atoms with Gasteiger partial charge in [0, 0.05) is 45.1 Å². The molecule has 4 aromatic rings. The number of nitrogens with one attached hydrogen (secondary N) is 4. The second-order valence-electron chi connectivity index (χ2n) is 7.04. The highest BCUT2D eigenvalue weighted by atomic mass is 32.3. The summed E-state index contributed by atoms with van der Waals surface area (Å²) in [6.45, 7) is 0. The molecule has 264 valence electrons. The lowest BCUT2D eigenvalue weighted by Gasteiger charge is -2.06. The summed E-state index contributed by atoms with van der Waals surface area (Å²) in [4.78, 5) is 11.2. The molecule has 0 bridgehead atoms. The highest BCUT2D eigenvalue weighted by Crippen LogP contribution is 2.08. The van der Waals surface area contributed by atoms with E-state index in [1.54, 1.807) is 73.8 Å². The van der Waals surface area contributed by atoms with E-state index < -0.39 is 20.8 Å². The molecule has 0 aliphatic rings. The molecule has 0 saturated carbocycles. The smallest absolute Gasteiger partial charge is 0.192 e. The molecule has 0 atom stereocenters. The van der Waals surface area contributed by atoms with E-state index in [9.17, 15) is 0 Å². The predicted molar refractivity (Wildman–Crippen MR) is 163 cm³/mol. The van der Waals surface area contributed by atoms with Gasteiger partial charge in [0.2, 0.25) is 0 Å². The molecule has 0 fully saturated rings. The van der Waals surface area contributed by atoms with E-state index in [4.69, 9.17) is 80.9 Å². The van der Waals surface area contributed by atoms with Gasteiger partial charge in [-0.1, -0.05) is 0 Å². The first-order valence-corrected chi connectivity index (χ1v) is 13.3. The van der Waals surface area contributed by atoms with Gasteiger partial charge in [-0.2, -0.15) is 0 Å². The van der Waals surface area contributed by atoms with Crippen LogP contribution in [-0.2, 0) is 20.8 Å². The number of aromatic nitrogens is 4. The molecule has 0 unspecified atom stereocenters. The molecule has 0 radical (unpaired) electrons. The van der Waals surface area contributed by atoms with E-state index in [1.165, 1.54) is 0 Å². The lowest BCUT2D eigenvalue weighted by molar-refractivity contribution is -0.377. The summed E-state index contributed by atoms with van der Waals surface area (Å²) >= 11 is 0. The fraction of sp³-hybridized carbons (Fsp3) is 0. The third kappa shape index (κ3) is 36.6. The van der Waals surface area contributed by atoms with Gasteiger partial charge in [0.25, 0.3) is 0 Å². The number of anilines is 8. The van der Waals surface area contributed by atoms with Crippen molar-refractivity contribution in [1.82, 2.24) is 0 Å². The number of aromatic amines is 4. The predicted octanol–water partition coefficient (Wildman–Crippen LogP) is -7.31. The third-order valence-corrected chi connectivity index (χ3v) is 3.73. The van der Waals surface area contributed by atoms with Crippen LogP contribution < -0.4 is 65.8 Å². The number of nitrogen functional groups attached to an aromatic ring is 8. The van der Waals surface area contributed by atoms with Crippen LogP contribution in [0.5, 0.6) is 0 Å². The van der Waals surface area contributed by atoms with Crippen molar-refractivity contribution in [3.63, 3.8) is 0 Å². The summed E-state index contributed by atoms with van der Waals surface area (Å²) in [5.74, 6) is 0. The van der Waals surface area contributed by atoms with Crippen molar-refractivity contribution >= 4 is 66.3 Å². The van der Waals surface area contributed by atoms with Gasteiger partial charge < -0.3 is 86.0 Å². The van der Waals surface area contributed by atoms with E-state index >= 15 is 0 Å². The zero-order chi connectivity index (χ0) is 32.9. The summed E-state index contributed by atoms with van der Waals surface area (Å²) in [6.07, 6.45) is 13.5. The van der Waals surface area contributed by atoms with Gasteiger partial charge in [-0.25, -0.2) is 19.9 Å². The van der Waals surface area contributed by atoms with Gasteiger partial charge >= 0.3 is 0 Å². The van der Waals surface area contributed by atoms with E-state index in [0.29, 0.717) is 45.5 Å². The fourth-order valence-electron chi connectivity index (χ4n) is 1.82. The quantitative estimate of drug-likeness (QED) is 0.0622. The summed E-state index contributed by atoms with van der Waals surface area (Å²) < 4.78 is 68.2. The van der Waals surface area contributed by atoms with Gasteiger partial charge in [0.05, 0.1) is 22.7 Å². The maximum absolute atomic E-state index is 8.52. The van der Waals surface area contributed by atoms with Crippen LogP contribution in [0.3, 0.4) is 0 Å². The Balaban J connectivity index is -0.000000104. The molecule has 0 saturated heterocycles. The Kier molecular flexibility index (Phi) is 31.4. The molecule has 4 heterocycles. The maximum atomic E-state index is 8.52. The number of rotatable bonds is 0. The minimum absolute atomic E-state index is 0. The van der Waals surface area contributed by atoms with E-state index in [0.717, 1.165) is 0 Å². The number of H-pyrrole nitrogens is 4. The van der Waals surface area contributed by atoms with Crippen LogP contribution in [0.25, 0.3) is 0 Å². The first-order valence-electron chi connectivity index (χ1n) is 10.6. The van der Waals surface area contributed by atoms with Crippen molar-refractivity contribution in [3.05, 3.63) is 73.8 Å². The van der Waals surface area contributed by atoms with Crippen LogP contribution in [0, 0.1) is 0 Å². The van der Waals surface area contributed by atoms with Crippen LogP contribution in [0.15, 0.2) is 73.8 Å². The van der Waals surface area contributed by atoms with E-state index in [-0.39, 0.29) is 21.9 Å². The molecular weight excluding hydrogens is 664 g/mol. The Hall–Kier alpha value is -5.42. The Labute approximate surface area is 262 Å². The van der Waals surface area contributed by atoms with Crippen LogP contribution in [-0.4, -0.2) is 57.0 Å². The number of nitrogens with two attached hydrogens (primary N) is 8. The van der Waals surface area contributed by atoms with Crippen LogP contribution in [0.4, 0.5) is 45.5 Å². The second kappa shape index (κ2) is 27.2. The lowest BCUT2D eigenvalue weighted by atomic mass is 10.4. The third-order valence-electron chi connectivity index (χ3n) is 3.73. The molecule has 28 N–H and O–H groups in total. The van der Waals surface area contributed by atoms with Crippen molar-refractivity contribution in [2.24, 2.45) is 0 Å². The zero-order valence-electron chi connectivity index (χ0n) is 23.6. The Bertz CT molecular complexity index is 1270. The summed E-state index contributed by atoms with van der Waals surface area (Å²) in [5, 5.41) is 0. The standard InChI is InChI=1S/4C5H7N3.2H2O4S.4H2O/c4*6-4-1-2-8-3-5(4)7;2*1-5(2,3)4;;;;/h4*1-3H,7H2,(H2,6,8);2*(H2,1,2,3,4);4*1H2. The Morgan fingerprint density at radius 3 is 0.565 bits per heavy atom. The molecule has 4 rings (SSSR count). The molecule has 0 aromatic carbocycles. The zero-order valence-corrected chi connectivity index (χ0v) is 25.3. The lowest BCUT2D eigenvalue weighted by Crippen LogP contribution is -2.04. The normalized spacial score (nSPS) is 8.78. The fourth-order valence-corrected chi connectivity index (χ4v) is 1.82. The van der Waals surface area contributed by atoms with Gasteiger partial charge in [0.15, 0.2) is 49.6 Å². The first-order chi connectivity index (χ1) is 19.2. The Morgan fingerprint density at radius 2 is 0.500 bits per heavy atom. The van der Waals surface area contributed by atoms with Crippen LogP contribution in [0.2, 0.25) is 0 Å². The second-order valence-corrected chi connectivity index (χ2v) is 8.67. The number of pyridine rings is 4. The molecular formula is C20H40N12O12S2. The minimum Gasteiger partial charge on any atom is -0.759 e. The molecule has 0 aliphatic heterocycles. The van der Waals surface area contributed by atoms with Crippen molar-refractivity contribution in [2.75, 3.05) is 45.9 Å². The molecule has 26 heteroatoms. The average Bonchev–Trinajstić information content (AvgIpc) is 2.86. The summed E-state index contributed by atoms with van der Waals surface area (Å²) in [7, 11) is -10.3. The van der Waals surface area contributed by atoms with Crippen molar-refractivity contribution in [1.29, 1.82) is 0 Å². The monoisotopic (exact) mass is 704 g/mol. The molecule has 0 aliphatic carbocycles. The molecule has 4 aromatic heterocycles. The minimum atomic E-state index is -5.17. The maximum Gasteiger partial charge on any atom is 0.192 e. The molecule has 46 heavy (non-hydrogen) atoms. The van der Waals surface area contributed by atoms with E-state index in [1.807, 2.05) is 0 Å². The van der Waals surface area contributed by atoms with Gasteiger partial charge in [0.1, 0.15) is 22.7 Å². The largest absolute Gasteiger partial charge is 0.759 e. The SMILES string of the molecule is Nc1cc[nH+]cc1N.Nc1cc[nH+]cc1N.Nc1cc[nH+]cc1N.Nc1cc[nH+]cc1N.O.O.O.O.O=S(=O)([O-])[O-].O=S(=O)([O-])[O-]. The van der Waals surface area contributed by atoms with Crippen molar-refractivity contribution in [3.8, 4) is 0 Å².